The summed E-state index contributed by atoms with van der Waals surface area (Å²) < 4.78 is 11.9. The van der Waals surface area contributed by atoms with E-state index >= 15 is 0 Å². The lowest BCUT2D eigenvalue weighted by Gasteiger charge is -2.23. The van der Waals surface area contributed by atoms with E-state index in [-0.39, 0.29) is 16.5 Å². The standard InChI is InChI=1S/C29H20ClN3O5S2/c1-37-20-12-6-10-18-14-21(38-26(18)20)24(34)22-23(17-9-5-11-19(30)13-17)33(27(36)25(22)35)28-31-32-29(40-28)39-15-16-7-3-2-4-8-16/h2-14,23,35H,15H2,1H3. The van der Waals surface area contributed by atoms with Crippen LogP contribution in [0.3, 0.4) is 0 Å². The van der Waals surface area contributed by atoms with E-state index in [0.29, 0.717) is 37.4 Å². The molecule has 0 saturated carbocycles. The van der Waals surface area contributed by atoms with Gasteiger partial charge in [-0.1, -0.05) is 89.3 Å². The number of nitrogens with zero attached hydrogens (tertiary/aromatic N) is 3. The molecule has 3 heterocycles. The first-order valence-corrected chi connectivity index (χ1v) is 14.3. The Labute approximate surface area is 241 Å². The summed E-state index contributed by atoms with van der Waals surface area (Å²) in [4.78, 5) is 28.7. The van der Waals surface area contributed by atoms with Crippen molar-refractivity contribution in [1.82, 2.24) is 10.2 Å². The second-order valence-corrected chi connectivity index (χ2v) is 11.5. The zero-order valence-corrected chi connectivity index (χ0v) is 23.3. The van der Waals surface area contributed by atoms with Crippen LogP contribution in [0.25, 0.3) is 11.0 Å². The van der Waals surface area contributed by atoms with Gasteiger partial charge in [-0.15, -0.1) is 10.2 Å². The van der Waals surface area contributed by atoms with Gasteiger partial charge in [-0.05, 0) is 35.4 Å². The number of para-hydroxylation sites is 1. The fourth-order valence-corrected chi connectivity index (χ4v) is 6.57. The number of aromatic nitrogens is 2. The Kier molecular flexibility index (Phi) is 7.05. The fraction of sp³-hybridized carbons (Fsp3) is 0.103. The minimum absolute atomic E-state index is 0.0425. The third-order valence-corrected chi connectivity index (χ3v) is 8.74. The SMILES string of the molecule is COc1cccc2cc(C(=O)C3=C(O)C(=O)N(c4nnc(SCc5ccccc5)s4)C3c3cccc(Cl)c3)oc12. The van der Waals surface area contributed by atoms with E-state index in [4.69, 9.17) is 20.8 Å². The summed E-state index contributed by atoms with van der Waals surface area (Å²) in [5.41, 5.74) is 1.89. The Bertz CT molecular complexity index is 1780. The molecule has 0 aliphatic carbocycles. The van der Waals surface area contributed by atoms with Crippen molar-refractivity contribution in [3.8, 4) is 5.75 Å². The van der Waals surface area contributed by atoms with Gasteiger partial charge < -0.3 is 14.3 Å². The number of furan rings is 1. The van der Waals surface area contributed by atoms with Crippen molar-refractivity contribution in [3.63, 3.8) is 0 Å². The van der Waals surface area contributed by atoms with Crippen LogP contribution in [0.4, 0.5) is 5.13 Å². The average molecular weight is 590 g/mol. The number of halogens is 1. The quantitative estimate of drug-likeness (QED) is 0.117. The maximum Gasteiger partial charge on any atom is 0.296 e. The molecule has 1 atom stereocenters. The van der Waals surface area contributed by atoms with Crippen LogP contribution < -0.4 is 9.64 Å². The van der Waals surface area contributed by atoms with Crippen molar-refractivity contribution < 1.29 is 23.8 Å². The minimum atomic E-state index is -1.01. The monoisotopic (exact) mass is 589 g/mol. The molecule has 0 fully saturated rings. The first-order chi connectivity index (χ1) is 19.4. The lowest BCUT2D eigenvalue weighted by molar-refractivity contribution is -0.117. The van der Waals surface area contributed by atoms with Crippen molar-refractivity contribution in [2.75, 3.05) is 12.0 Å². The number of ether oxygens (including phenoxy) is 1. The van der Waals surface area contributed by atoms with E-state index in [0.717, 1.165) is 5.56 Å². The van der Waals surface area contributed by atoms with E-state index in [9.17, 15) is 14.7 Å². The molecule has 1 aliphatic heterocycles. The number of Topliss-reactive ketones (excluding diaryl/α,β-unsaturated/α-hetero) is 1. The molecule has 0 bridgehead atoms. The number of fused-ring (bicyclic) bond motifs is 1. The van der Waals surface area contributed by atoms with Crippen molar-refractivity contribution in [3.05, 3.63) is 112 Å². The van der Waals surface area contributed by atoms with Crippen LogP contribution in [0.5, 0.6) is 5.75 Å². The van der Waals surface area contributed by atoms with Crippen LogP contribution in [0.2, 0.25) is 5.02 Å². The highest BCUT2D eigenvalue weighted by atomic mass is 35.5. The highest BCUT2D eigenvalue weighted by Crippen LogP contribution is 2.45. The summed E-state index contributed by atoms with van der Waals surface area (Å²) in [6, 6.07) is 22.5. The molecular formula is C29H20ClN3O5S2. The lowest BCUT2D eigenvalue weighted by Crippen LogP contribution is -2.31. The van der Waals surface area contributed by atoms with Crippen LogP contribution in [0, 0.1) is 0 Å². The van der Waals surface area contributed by atoms with Gasteiger partial charge in [-0.25, -0.2) is 0 Å². The molecule has 1 N–H and O–H groups in total. The summed E-state index contributed by atoms with van der Waals surface area (Å²) in [5.74, 6) is -1.00. The van der Waals surface area contributed by atoms with Crippen LogP contribution in [0.1, 0.15) is 27.7 Å². The second-order valence-electron chi connectivity index (χ2n) is 8.84. The van der Waals surface area contributed by atoms with E-state index in [2.05, 4.69) is 10.2 Å². The highest BCUT2D eigenvalue weighted by molar-refractivity contribution is 8.00. The summed E-state index contributed by atoms with van der Waals surface area (Å²) in [6.45, 7) is 0. The van der Waals surface area contributed by atoms with Gasteiger partial charge in [0.2, 0.25) is 10.9 Å². The van der Waals surface area contributed by atoms with E-state index in [1.165, 1.54) is 35.1 Å². The normalized spacial score (nSPS) is 15.3. The van der Waals surface area contributed by atoms with E-state index in [1.54, 1.807) is 48.5 Å². The Hall–Kier alpha value is -4.12. The maximum absolute atomic E-state index is 13.9. The summed E-state index contributed by atoms with van der Waals surface area (Å²) in [6.07, 6.45) is 0. The van der Waals surface area contributed by atoms with Crippen LogP contribution >= 0.6 is 34.7 Å². The number of rotatable bonds is 8. The first-order valence-electron chi connectivity index (χ1n) is 12.1. The van der Waals surface area contributed by atoms with Gasteiger partial charge in [0.15, 0.2) is 27.2 Å². The maximum atomic E-state index is 13.9. The number of ketones is 1. The lowest BCUT2D eigenvalue weighted by atomic mass is 9.95. The topological polar surface area (TPSA) is 106 Å². The number of methoxy groups -OCH3 is 1. The molecule has 5 aromatic rings. The van der Waals surface area contributed by atoms with Crippen molar-refractivity contribution in [2.45, 2.75) is 16.1 Å². The van der Waals surface area contributed by atoms with E-state index in [1.807, 2.05) is 30.3 Å². The van der Waals surface area contributed by atoms with Crippen LogP contribution in [-0.2, 0) is 10.5 Å². The van der Waals surface area contributed by atoms with Gasteiger partial charge in [0, 0.05) is 16.2 Å². The molecule has 200 valence electrons. The fourth-order valence-electron chi connectivity index (χ4n) is 4.55. The Balaban J connectivity index is 1.38. The molecule has 0 saturated heterocycles. The first kappa shape index (κ1) is 26.1. The average Bonchev–Trinajstić information content (AvgIpc) is 3.68. The number of hydrogen-bond donors (Lipinski definition) is 1. The molecule has 1 aliphatic rings. The minimum Gasteiger partial charge on any atom is -0.503 e. The molecule has 11 heteroatoms. The highest BCUT2D eigenvalue weighted by Gasteiger charge is 2.47. The molecule has 40 heavy (non-hydrogen) atoms. The molecule has 6 rings (SSSR count). The number of carbonyl (C=O) groups excluding carboxylic acids is 2. The number of benzene rings is 3. The largest absolute Gasteiger partial charge is 0.503 e. The number of thioether (sulfide) groups is 1. The number of hydrogen-bond acceptors (Lipinski definition) is 9. The molecule has 0 radical (unpaired) electrons. The smallest absolute Gasteiger partial charge is 0.296 e. The number of aliphatic hydroxyl groups is 1. The van der Waals surface area contributed by atoms with Crippen molar-refractivity contribution >= 4 is 62.5 Å². The molecule has 1 amide bonds. The van der Waals surface area contributed by atoms with Crippen LogP contribution in [-0.4, -0.2) is 34.1 Å². The van der Waals surface area contributed by atoms with E-state index < -0.39 is 23.5 Å². The Morgan fingerprint density at radius 1 is 1.10 bits per heavy atom. The number of aliphatic hydroxyl groups excluding tert-OH is 1. The predicted octanol–water partition coefficient (Wildman–Crippen LogP) is 7.02. The zero-order valence-electron chi connectivity index (χ0n) is 20.9. The molecule has 3 aromatic carbocycles. The van der Waals surface area contributed by atoms with Gasteiger partial charge in [0.1, 0.15) is 0 Å². The van der Waals surface area contributed by atoms with Gasteiger partial charge >= 0.3 is 0 Å². The molecular weight excluding hydrogens is 570 g/mol. The predicted molar refractivity (Wildman–Crippen MR) is 154 cm³/mol. The Morgan fingerprint density at radius 3 is 2.67 bits per heavy atom. The molecule has 0 spiro atoms. The third kappa shape index (κ3) is 4.74. The molecule has 1 unspecified atom stereocenters. The van der Waals surface area contributed by atoms with Gasteiger partial charge in [0.05, 0.1) is 18.7 Å². The van der Waals surface area contributed by atoms with Crippen molar-refractivity contribution in [2.24, 2.45) is 0 Å². The summed E-state index contributed by atoms with van der Waals surface area (Å²) in [5, 5.41) is 20.9. The zero-order chi connectivity index (χ0) is 27.8. The molecule has 8 nitrogen and oxygen atoms in total. The number of carbonyl (C=O) groups is 2. The van der Waals surface area contributed by atoms with Gasteiger partial charge in [-0.2, -0.15) is 0 Å². The molecule has 2 aromatic heterocycles. The van der Waals surface area contributed by atoms with Gasteiger partial charge in [-0.3, -0.25) is 14.5 Å². The summed E-state index contributed by atoms with van der Waals surface area (Å²) >= 11 is 8.98. The third-order valence-electron chi connectivity index (χ3n) is 6.38. The van der Waals surface area contributed by atoms with Crippen LogP contribution in [0.15, 0.2) is 99.0 Å². The number of amides is 1. The van der Waals surface area contributed by atoms with Gasteiger partial charge in [0.25, 0.3) is 5.91 Å². The summed E-state index contributed by atoms with van der Waals surface area (Å²) in [7, 11) is 1.50. The Morgan fingerprint density at radius 2 is 1.90 bits per heavy atom. The van der Waals surface area contributed by atoms with Crippen molar-refractivity contribution in [1.29, 1.82) is 0 Å². The number of anilines is 1. The second kappa shape index (κ2) is 10.8.